The molecule has 3 nitrogen and oxygen atoms in total. The number of aliphatic carboxylic acids is 1. The van der Waals surface area contributed by atoms with Crippen LogP contribution in [0.5, 0.6) is 0 Å². The Morgan fingerprint density at radius 1 is 1.53 bits per heavy atom. The van der Waals surface area contributed by atoms with Gasteiger partial charge in [-0.1, -0.05) is 29.3 Å². The van der Waals surface area contributed by atoms with Gasteiger partial charge in [-0.2, -0.15) is 0 Å². The zero-order valence-electron chi connectivity index (χ0n) is 9.36. The summed E-state index contributed by atoms with van der Waals surface area (Å²) in [6.45, 7) is 1.82. The molecule has 0 saturated heterocycles. The monoisotopic (exact) mass is 304 g/mol. The fourth-order valence-electron chi connectivity index (χ4n) is 1.69. The van der Waals surface area contributed by atoms with Crippen molar-refractivity contribution in [3.8, 4) is 0 Å². The fourth-order valence-corrected chi connectivity index (χ4v) is 2.06. The summed E-state index contributed by atoms with van der Waals surface area (Å²) in [5.41, 5.74) is 0.0141. The normalized spacial score (nSPS) is 14.4. The molecule has 2 N–H and O–H groups in total. The Morgan fingerprint density at radius 3 is 2.71 bits per heavy atom. The van der Waals surface area contributed by atoms with Crippen LogP contribution in [-0.2, 0) is 4.79 Å². The summed E-state index contributed by atoms with van der Waals surface area (Å²) in [4.78, 5) is 11.0. The number of benzene rings is 1. The molecule has 2 unspecified atom stereocenters. The second kappa shape index (κ2) is 6.12. The third-order valence-corrected chi connectivity index (χ3v) is 3.07. The van der Waals surface area contributed by atoms with Crippen LogP contribution in [0.15, 0.2) is 22.7 Å². The number of halogens is 2. The summed E-state index contributed by atoms with van der Waals surface area (Å²) in [5.74, 6) is -2.69. The molecule has 0 aliphatic carbocycles. The maximum atomic E-state index is 13.5. The third-order valence-electron chi connectivity index (χ3n) is 2.57. The number of carboxylic acid groups (broad SMARTS) is 1. The lowest BCUT2D eigenvalue weighted by Gasteiger charge is -2.19. The van der Waals surface area contributed by atoms with Crippen LogP contribution in [0.1, 0.15) is 31.4 Å². The highest BCUT2D eigenvalue weighted by molar-refractivity contribution is 9.10. The molecule has 0 aliphatic heterocycles. The Hall–Kier alpha value is -0.940. The van der Waals surface area contributed by atoms with Crippen molar-refractivity contribution in [2.45, 2.75) is 25.9 Å². The molecule has 1 aromatic carbocycles. The standard InChI is InChI=1S/C12H14BrFO3/c1-2-3-8(12(16)17)11(15)9-6-7(13)4-5-10(9)14/h4-6,8,11,15H,2-3H2,1H3,(H,16,17). The minimum atomic E-state index is -1.33. The maximum Gasteiger partial charge on any atom is 0.309 e. The highest BCUT2D eigenvalue weighted by Crippen LogP contribution is 2.29. The van der Waals surface area contributed by atoms with Crippen molar-refractivity contribution < 1.29 is 19.4 Å². The Morgan fingerprint density at radius 2 is 2.18 bits per heavy atom. The summed E-state index contributed by atoms with van der Waals surface area (Å²) >= 11 is 3.16. The Kier molecular flexibility index (Phi) is 5.08. The lowest BCUT2D eigenvalue weighted by atomic mass is 9.92. The van der Waals surface area contributed by atoms with Crippen LogP contribution in [0, 0.1) is 11.7 Å². The molecule has 0 spiro atoms. The van der Waals surface area contributed by atoms with E-state index in [0.717, 1.165) is 0 Å². The number of aliphatic hydroxyl groups excluding tert-OH is 1. The highest BCUT2D eigenvalue weighted by Gasteiger charge is 2.28. The molecule has 0 amide bonds. The van der Waals surface area contributed by atoms with E-state index in [2.05, 4.69) is 15.9 Å². The van der Waals surface area contributed by atoms with E-state index in [-0.39, 0.29) is 5.56 Å². The smallest absolute Gasteiger partial charge is 0.309 e. The fraction of sp³-hybridized carbons (Fsp3) is 0.417. The van der Waals surface area contributed by atoms with E-state index >= 15 is 0 Å². The predicted molar refractivity (Wildman–Crippen MR) is 65.1 cm³/mol. The molecule has 0 aliphatic rings. The van der Waals surface area contributed by atoms with Crippen molar-refractivity contribution in [2.75, 3.05) is 0 Å². The van der Waals surface area contributed by atoms with Crippen molar-refractivity contribution in [3.63, 3.8) is 0 Å². The minimum Gasteiger partial charge on any atom is -0.481 e. The van der Waals surface area contributed by atoms with Crippen molar-refractivity contribution in [2.24, 2.45) is 5.92 Å². The average Bonchev–Trinajstić information content (AvgIpc) is 2.28. The van der Waals surface area contributed by atoms with Gasteiger partial charge in [-0.25, -0.2) is 4.39 Å². The SMILES string of the molecule is CCCC(C(=O)O)C(O)c1cc(Br)ccc1F. The molecule has 5 heteroatoms. The average molecular weight is 305 g/mol. The lowest BCUT2D eigenvalue weighted by molar-refractivity contribution is -0.146. The number of aliphatic hydroxyl groups is 1. The molecule has 0 aromatic heterocycles. The molecule has 2 atom stereocenters. The van der Waals surface area contributed by atoms with Gasteiger partial charge in [-0.05, 0) is 24.6 Å². The van der Waals surface area contributed by atoms with Gasteiger partial charge in [0, 0.05) is 10.0 Å². The second-order valence-electron chi connectivity index (χ2n) is 3.84. The van der Waals surface area contributed by atoms with Gasteiger partial charge in [0.25, 0.3) is 0 Å². The topological polar surface area (TPSA) is 57.5 Å². The van der Waals surface area contributed by atoms with Gasteiger partial charge in [-0.3, -0.25) is 4.79 Å². The van der Waals surface area contributed by atoms with Crippen molar-refractivity contribution >= 4 is 21.9 Å². The van der Waals surface area contributed by atoms with Crippen LogP contribution in [0.25, 0.3) is 0 Å². The van der Waals surface area contributed by atoms with Gasteiger partial charge in [0.05, 0.1) is 12.0 Å². The summed E-state index contributed by atoms with van der Waals surface area (Å²) in [6, 6.07) is 4.11. The molecule has 17 heavy (non-hydrogen) atoms. The molecule has 0 bridgehead atoms. The first-order valence-corrected chi connectivity index (χ1v) is 6.12. The Labute approximate surface area is 107 Å². The number of hydrogen-bond donors (Lipinski definition) is 2. The second-order valence-corrected chi connectivity index (χ2v) is 4.76. The molecule has 0 heterocycles. The van der Waals surface area contributed by atoms with Gasteiger partial charge in [-0.15, -0.1) is 0 Å². The van der Waals surface area contributed by atoms with E-state index in [0.29, 0.717) is 17.3 Å². The van der Waals surface area contributed by atoms with Crippen LogP contribution < -0.4 is 0 Å². The largest absolute Gasteiger partial charge is 0.481 e. The molecule has 1 aromatic rings. The van der Waals surface area contributed by atoms with Crippen LogP contribution in [0.3, 0.4) is 0 Å². The highest BCUT2D eigenvalue weighted by atomic mass is 79.9. The van der Waals surface area contributed by atoms with Crippen LogP contribution in [-0.4, -0.2) is 16.2 Å². The van der Waals surface area contributed by atoms with Crippen molar-refractivity contribution in [3.05, 3.63) is 34.1 Å². The summed E-state index contributed by atoms with van der Waals surface area (Å²) in [6.07, 6.45) is -0.406. The summed E-state index contributed by atoms with van der Waals surface area (Å²) < 4.78 is 14.1. The lowest BCUT2D eigenvalue weighted by Crippen LogP contribution is -2.22. The van der Waals surface area contributed by atoms with Gasteiger partial charge in [0.15, 0.2) is 0 Å². The predicted octanol–water partition coefficient (Wildman–Crippen LogP) is 3.12. The summed E-state index contributed by atoms with van der Waals surface area (Å²) in [7, 11) is 0. The van der Waals surface area contributed by atoms with E-state index in [1.807, 2.05) is 6.92 Å². The third kappa shape index (κ3) is 3.51. The Balaban J connectivity index is 3.04. The van der Waals surface area contributed by atoms with E-state index < -0.39 is 23.8 Å². The zero-order chi connectivity index (χ0) is 13.0. The van der Waals surface area contributed by atoms with Crippen LogP contribution >= 0.6 is 15.9 Å². The van der Waals surface area contributed by atoms with Crippen molar-refractivity contribution in [1.82, 2.24) is 0 Å². The first-order chi connectivity index (χ1) is 7.97. The molecule has 0 saturated carbocycles. The van der Waals surface area contributed by atoms with E-state index in [1.165, 1.54) is 18.2 Å². The van der Waals surface area contributed by atoms with E-state index in [1.54, 1.807) is 0 Å². The minimum absolute atomic E-state index is 0.0141. The van der Waals surface area contributed by atoms with Crippen molar-refractivity contribution in [1.29, 1.82) is 0 Å². The molecule has 0 fully saturated rings. The van der Waals surface area contributed by atoms with Gasteiger partial charge in [0.2, 0.25) is 0 Å². The summed E-state index contributed by atoms with van der Waals surface area (Å²) in [5, 5.41) is 18.9. The van der Waals surface area contributed by atoms with Gasteiger partial charge < -0.3 is 10.2 Å². The first-order valence-electron chi connectivity index (χ1n) is 5.33. The van der Waals surface area contributed by atoms with E-state index in [4.69, 9.17) is 5.11 Å². The number of rotatable bonds is 5. The van der Waals surface area contributed by atoms with Gasteiger partial charge in [0.1, 0.15) is 5.82 Å². The Bertz CT molecular complexity index is 409. The quantitative estimate of drug-likeness (QED) is 0.878. The first kappa shape index (κ1) is 14.1. The molecular weight excluding hydrogens is 291 g/mol. The molecule has 0 radical (unpaired) electrons. The molecule has 94 valence electrons. The number of carboxylic acids is 1. The van der Waals surface area contributed by atoms with E-state index in [9.17, 15) is 14.3 Å². The maximum absolute atomic E-state index is 13.5. The number of hydrogen-bond acceptors (Lipinski definition) is 2. The number of carbonyl (C=O) groups is 1. The van der Waals surface area contributed by atoms with Gasteiger partial charge >= 0.3 is 5.97 Å². The molecule has 1 rings (SSSR count). The zero-order valence-corrected chi connectivity index (χ0v) is 10.9. The molecular formula is C12H14BrFO3. The van der Waals surface area contributed by atoms with Crippen LogP contribution in [0.2, 0.25) is 0 Å². The van der Waals surface area contributed by atoms with Crippen LogP contribution in [0.4, 0.5) is 4.39 Å².